The molecule has 2 heterocycles. The van der Waals surface area contributed by atoms with E-state index in [1.54, 1.807) is 6.20 Å². The summed E-state index contributed by atoms with van der Waals surface area (Å²) in [5.41, 5.74) is 3.57. The van der Waals surface area contributed by atoms with Crippen LogP contribution < -0.4 is 10.1 Å². The molecular weight excluding hydrogens is 386 g/mol. The summed E-state index contributed by atoms with van der Waals surface area (Å²) >= 11 is 0. The van der Waals surface area contributed by atoms with Gasteiger partial charge in [0.05, 0.1) is 17.8 Å². The molecule has 0 aliphatic rings. The number of benzene rings is 2. The number of aromatic nitrogens is 2. The number of fused-ring (bicyclic) bond motifs is 1. The zero-order valence-electron chi connectivity index (χ0n) is 17.9. The van der Waals surface area contributed by atoms with Crippen molar-refractivity contribution in [2.75, 3.05) is 0 Å². The number of nitrogens with one attached hydrogen (secondary N) is 1. The van der Waals surface area contributed by atoms with Crippen LogP contribution in [0.25, 0.3) is 10.9 Å². The van der Waals surface area contributed by atoms with E-state index in [-0.39, 0.29) is 5.91 Å². The van der Waals surface area contributed by atoms with E-state index in [1.807, 2.05) is 72.8 Å². The molecule has 5 heteroatoms. The molecule has 0 atom stereocenters. The Hall–Kier alpha value is -3.60. The van der Waals surface area contributed by atoms with Crippen LogP contribution >= 0.6 is 0 Å². The van der Waals surface area contributed by atoms with Crippen LogP contribution in [0.15, 0.2) is 79.0 Å². The van der Waals surface area contributed by atoms with Crippen molar-refractivity contribution in [3.63, 3.8) is 0 Å². The molecule has 0 unspecified atom stereocenters. The highest BCUT2D eigenvalue weighted by Crippen LogP contribution is 2.30. The molecule has 0 spiro atoms. The summed E-state index contributed by atoms with van der Waals surface area (Å²) in [7, 11) is 0. The van der Waals surface area contributed by atoms with E-state index < -0.39 is 0 Å². The number of nitrogens with zero attached hydrogens (tertiary/aromatic N) is 2. The van der Waals surface area contributed by atoms with Crippen molar-refractivity contribution >= 4 is 16.8 Å². The topological polar surface area (TPSA) is 56.2 Å². The molecule has 0 saturated heterocycles. The number of carbonyl (C=O) groups excluding carboxylic acids is 1. The normalized spacial score (nSPS) is 11.1. The predicted molar refractivity (Wildman–Crippen MR) is 123 cm³/mol. The predicted octanol–water partition coefficient (Wildman–Crippen LogP) is 5.20. The Morgan fingerprint density at radius 2 is 1.84 bits per heavy atom. The average Bonchev–Trinajstić information content (AvgIpc) is 3.16. The fourth-order valence-electron chi connectivity index (χ4n) is 3.63. The Kier molecular flexibility index (Phi) is 6.32. The van der Waals surface area contributed by atoms with Gasteiger partial charge in [-0.15, -0.1) is 0 Å². The molecule has 5 nitrogen and oxygen atoms in total. The minimum absolute atomic E-state index is 0.114. The number of carbonyl (C=O) groups is 1. The Balaban J connectivity index is 1.63. The summed E-state index contributed by atoms with van der Waals surface area (Å²) < 4.78 is 8.22. The van der Waals surface area contributed by atoms with Crippen LogP contribution in [0.2, 0.25) is 0 Å². The van der Waals surface area contributed by atoms with Gasteiger partial charge in [-0.25, -0.2) is 0 Å². The van der Waals surface area contributed by atoms with Gasteiger partial charge >= 0.3 is 0 Å². The van der Waals surface area contributed by atoms with E-state index >= 15 is 0 Å². The molecular formula is C26H27N3O2. The number of ether oxygens (including phenoxy) is 1. The van der Waals surface area contributed by atoms with Gasteiger partial charge in [0.2, 0.25) is 0 Å². The van der Waals surface area contributed by atoms with Gasteiger partial charge in [0.15, 0.2) is 0 Å². The van der Waals surface area contributed by atoms with Crippen molar-refractivity contribution in [2.45, 2.75) is 33.5 Å². The largest absolute Gasteiger partial charge is 0.488 e. The number of hydrogen-bond donors (Lipinski definition) is 1. The molecule has 4 rings (SSSR count). The molecule has 2 aromatic carbocycles. The van der Waals surface area contributed by atoms with Crippen molar-refractivity contribution in [2.24, 2.45) is 5.92 Å². The zero-order chi connectivity index (χ0) is 21.6. The second-order valence-electron chi connectivity index (χ2n) is 8.00. The Morgan fingerprint density at radius 1 is 1.03 bits per heavy atom. The number of pyridine rings is 1. The highest BCUT2D eigenvalue weighted by molar-refractivity contribution is 6.00. The van der Waals surface area contributed by atoms with Gasteiger partial charge < -0.3 is 14.6 Å². The summed E-state index contributed by atoms with van der Waals surface area (Å²) in [6.07, 6.45) is 1.73. The van der Waals surface area contributed by atoms with Crippen molar-refractivity contribution in [1.29, 1.82) is 0 Å². The quantitative estimate of drug-likeness (QED) is 0.432. The molecule has 2 aromatic heterocycles. The maximum atomic E-state index is 13.1. The molecule has 4 aromatic rings. The summed E-state index contributed by atoms with van der Waals surface area (Å²) in [5.74, 6) is 1.06. The fraction of sp³-hybridized carbons (Fsp3) is 0.231. The standard InChI is InChI=1S/C26H27N3O2/c1-19(2)17-29-23-12-8-13-25(31-18-20-9-4-3-5-10-20)22(23)15-24(29)26(30)28-16-21-11-6-7-14-27-21/h3-15,19H,16-18H2,1-2H3,(H,28,30). The van der Waals surface area contributed by atoms with Gasteiger partial charge in [-0.3, -0.25) is 9.78 Å². The smallest absolute Gasteiger partial charge is 0.268 e. The lowest BCUT2D eigenvalue weighted by Gasteiger charge is -2.13. The third kappa shape index (κ3) is 4.94. The lowest BCUT2D eigenvalue weighted by atomic mass is 10.2. The molecule has 0 fully saturated rings. The third-order valence-electron chi connectivity index (χ3n) is 5.08. The first-order chi connectivity index (χ1) is 15.1. The van der Waals surface area contributed by atoms with E-state index in [2.05, 4.69) is 28.7 Å². The SMILES string of the molecule is CC(C)Cn1c(C(=O)NCc2ccccn2)cc2c(OCc3ccccc3)cccc21. The molecule has 1 N–H and O–H groups in total. The average molecular weight is 414 g/mol. The summed E-state index contributed by atoms with van der Waals surface area (Å²) in [6.45, 7) is 5.92. The van der Waals surface area contributed by atoms with Crippen LogP contribution in [0.3, 0.4) is 0 Å². The van der Waals surface area contributed by atoms with Crippen LogP contribution in [-0.4, -0.2) is 15.5 Å². The van der Waals surface area contributed by atoms with E-state index in [1.165, 1.54) is 0 Å². The molecule has 1 amide bonds. The molecule has 158 valence electrons. The molecule has 0 aliphatic carbocycles. The van der Waals surface area contributed by atoms with Gasteiger partial charge in [0.25, 0.3) is 5.91 Å². The van der Waals surface area contributed by atoms with Gasteiger partial charge in [0, 0.05) is 18.1 Å². The van der Waals surface area contributed by atoms with Crippen LogP contribution in [0.4, 0.5) is 0 Å². The highest BCUT2D eigenvalue weighted by atomic mass is 16.5. The first-order valence-corrected chi connectivity index (χ1v) is 10.6. The second-order valence-corrected chi connectivity index (χ2v) is 8.00. The number of hydrogen-bond acceptors (Lipinski definition) is 3. The van der Waals surface area contributed by atoms with Crippen LogP contribution in [0, 0.1) is 5.92 Å². The van der Waals surface area contributed by atoms with E-state index in [0.29, 0.717) is 24.8 Å². The first-order valence-electron chi connectivity index (χ1n) is 10.6. The van der Waals surface area contributed by atoms with Crippen molar-refractivity contribution in [3.8, 4) is 5.75 Å². The summed E-state index contributed by atoms with van der Waals surface area (Å²) in [4.78, 5) is 17.4. The Bertz CT molecular complexity index is 1150. The van der Waals surface area contributed by atoms with E-state index in [0.717, 1.165) is 34.5 Å². The highest BCUT2D eigenvalue weighted by Gasteiger charge is 2.18. The van der Waals surface area contributed by atoms with E-state index in [9.17, 15) is 4.79 Å². The molecule has 0 saturated carbocycles. The van der Waals surface area contributed by atoms with Crippen molar-refractivity contribution < 1.29 is 9.53 Å². The summed E-state index contributed by atoms with van der Waals surface area (Å²) in [5, 5.41) is 3.95. The molecule has 0 aliphatic heterocycles. The van der Waals surface area contributed by atoms with Crippen LogP contribution in [-0.2, 0) is 19.7 Å². The van der Waals surface area contributed by atoms with Gasteiger partial charge in [0.1, 0.15) is 18.1 Å². The second kappa shape index (κ2) is 9.47. The molecule has 0 radical (unpaired) electrons. The van der Waals surface area contributed by atoms with Crippen LogP contribution in [0.5, 0.6) is 5.75 Å². The minimum atomic E-state index is -0.114. The van der Waals surface area contributed by atoms with Gasteiger partial charge in [-0.2, -0.15) is 0 Å². The Morgan fingerprint density at radius 3 is 2.58 bits per heavy atom. The zero-order valence-corrected chi connectivity index (χ0v) is 17.9. The third-order valence-corrected chi connectivity index (χ3v) is 5.08. The van der Waals surface area contributed by atoms with Crippen molar-refractivity contribution in [1.82, 2.24) is 14.9 Å². The maximum absolute atomic E-state index is 13.1. The first kappa shape index (κ1) is 20.7. The monoisotopic (exact) mass is 413 g/mol. The maximum Gasteiger partial charge on any atom is 0.268 e. The molecule has 0 bridgehead atoms. The fourth-order valence-corrected chi connectivity index (χ4v) is 3.63. The van der Waals surface area contributed by atoms with Gasteiger partial charge in [-0.05, 0) is 41.8 Å². The lowest BCUT2D eigenvalue weighted by Crippen LogP contribution is -2.26. The summed E-state index contributed by atoms with van der Waals surface area (Å²) in [6, 6.07) is 23.7. The minimum Gasteiger partial charge on any atom is -0.488 e. The Labute approximate surface area is 182 Å². The number of rotatable bonds is 8. The molecule has 31 heavy (non-hydrogen) atoms. The van der Waals surface area contributed by atoms with Crippen LogP contribution in [0.1, 0.15) is 35.6 Å². The van der Waals surface area contributed by atoms with E-state index in [4.69, 9.17) is 4.74 Å². The van der Waals surface area contributed by atoms with Gasteiger partial charge in [-0.1, -0.05) is 56.3 Å². The number of amides is 1. The lowest BCUT2D eigenvalue weighted by molar-refractivity contribution is 0.0941. The van der Waals surface area contributed by atoms with Crippen molar-refractivity contribution in [3.05, 3.63) is 95.9 Å².